The largest absolute Gasteiger partial charge is 0.373 e. The minimum Gasteiger partial charge on any atom is -0.373 e. The molecule has 0 spiro atoms. The maximum absolute atomic E-state index is 11.5. The van der Waals surface area contributed by atoms with E-state index in [0.717, 1.165) is 5.69 Å². The summed E-state index contributed by atoms with van der Waals surface area (Å²) in [6.45, 7) is 0. The zero-order valence-electron chi connectivity index (χ0n) is 7.69. The Balaban J connectivity index is 2.07. The van der Waals surface area contributed by atoms with Gasteiger partial charge in [-0.15, -0.1) is 0 Å². The second-order valence-corrected chi connectivity index (χ2v) is 3.98. The number of imide groups is 1. The summed E-state index contributed by atoms with van der Waals surface area (Å²) in [4.78, 5) is 23.8. The first-order valence-corrected chi connectivity index (χ1v) is 5.22. The fourth-order valence-electron chi connectivity index (χ4n) is 1.42. The van der Waals surface area contributed by atoms with E-state index in [1.165, 1.54) is 11.9 Å². The molecular weight excluding hydrogens is 200 g/mol. The first-order chi connectivity index (χ1) is 6.68. The quantitative estimate of drug-likeness (QED) is 0.738. The van der Waals surface area contributed by atoms with Crippen LogP contribution in [-0.4, -0.2) is 29.8 Å². The lowest BCUT2D eigenvalue weighted by molar-refractivity contribution is -0.136. The van der Waals surface area contributed by atoms with Gasteiger partial charge < -0.3 is 5.32 Å². The van der Waals surface area contributed by atoms with Crippen LogP contribution in [0.4, 0.5) is 5.69 Å². The predicted molar refractivity (Wildman–Crippen MR) is 54.1 cm³/mol. The maximum Gasteiger partial charge on any atom is 0.251 e. The van der Waals surface area contributed by atoms with Crippen molar-refractivity contribution in [1.82, 2.24) is 4.90 Å². The highest BCUT2D eigenvalue weighted by atomic mass is 32.1. The third kappa shape index (κ3) is 1.50. The molecule has 1 aromatic heterocycles. The molecule has 1 N–H and O–H groups in total. The van der Waals surface area contributed by atoms with Crippen molar-refractivity contribution >= 4 is 28.8 Å². The topological polar surface area (TPSA) is 49.4 Å². The van der Waals surface area contributed by atoms with Crippen LogP contribution in [0.15, 0.2) is 16.8 Å². The molecule has 5 heteroatoms. The van der Waals surface area contributed by atoms with Crippen LogP contribution in [0.1, 0.15) is 6.42 Å². The number of likely N-dealkylation sites (N-methyl/N-ethyl adjacent to an activating group) is 1. The summed E-state index contributed by atoms with van der Waals surface area (Å²) in [5.74, 6) is -0.274. The van der Waals surface area contributed by atoms with Crippen LogP contribution in [0.25, 0.3) is 0 Å². The van der Waals surface area contributed by atoms with Crippen molar-refractivity contribution in [2.45, 2.75) is 12.5 Å². The van der Waals surface area contributed by atoms with Crippen LogP contribution < -0.4 is 5.32 Å². The molecule has 74 valence electrons. The normalized spacial score (nSPS) is 21.8. The van der Waals surface area contributed by atoms with E-state index < -0.39 is 0 Å². The summed E-state index contributed by atoms with van der Waals surface area (Å²) in [6, 6.07) is 1.50. The second kappa shape index (κ2) is 3.42. The number of anilines is 1. The van der Waals surface area contributed by atoms with E-state index in [2.05, 4.69) is 5.32 Å². The van der Waals surface area contributed by atoms with Gasteiger partial charge in [0.15, 0.2) is 0 Å². The number of hydrogen-bond acceptors (Lipinski definition) is 4. The molecule has 0 radical (unpaired) electrons. The molecule has 2 amide bonds. The predicted octanol–water partition coefficient (Wildman–Crippen LogP) is 0.917. The Kier molecular flexibility index (Phi) is 2.25. The Hall–Kier alpha value is -1.36. The highest BCUT2D eigenvalue weighted by molar-refractivity contribution is 7.08. The molecule has 4 nitrogen and oxygen atoms in total. The van der Waals surface area contributed by atoms with Gasteiger partial charge >= 0.3 is 0 Å². The Labute approximate surface area is 85.5 Å². The number of nitrogens with zero attached hydrogens (tertiary/aromatic N) is 1. The van der Waals surface area contributed by atoms with Crippen molar-refractivity contribution in [3.63, 3.8) is 0 Å². The van der Waals surface area contributed by atoms with E-state index in [1.807, 2.05) is 16.8 Å². The number of carbonyl (C=O) groups is 2. The van der Waals surface area contributed by atoms with Crippen LogP contribution in [0.5, 0.6) is 0 Å². The molecule has 14 heavy (non-hydrogen) atoms. The summed E-state index contributed by atoms with van der Waals surface area (Å²) in [7, 11) is 1.51. The molecule has 2 heterocycles. The van der Waals surface area contributed by atoms with E-state index >= 15 is 0 Å². The van der Waals surface area contributed by atoms with E-state index in [1.54, 1.807) is 11.3 Å². The Morgan fingerprint density at radius 1 is 1.57 bits per heavy atom. The number of thiophene rings is 1. The zero-order chi connectivity index (χ0) is 10.1. The minimum absolute atomic E-state index is 0.122. The summed E-state index contributed by atoms with van der Waals surface area (Å²) >= 11 is 1.55. The van der Waals surface area contributed by atoms with Crippen molar-refractivity contribution < 1.29 is 9.59 Å². The molecule has 1 aliphatic rings. The number of carbonyl (C=O) groups excluding carboxylic acids is 2. The molecule has 1 aliphatic heterocycles. The molecule has 1 fully saturated rings. The van der Waals surface area contributed by atoms with Gasteiger partial charge in [-0.3, -0.25) is 14.5 Å². The van der Waals surface area contributed by atoms with Crippen molar-refractivity contribution in [3.8, 4) is 0 Å². The van der Waals surface area contributed by atoms with E-state index in [9.17, 15) is 9.59 Å². The van der Waals surface area contributed by atoms with Crippen LogP contribution in [0.3, 0.4) is 0 Å². The van der Waals surface area contributed by atoms with E-state index in [4.69, 9.17) is 0 Å². The molecule has 0 saturated carbocycles. The lowest BCUT2D eigenvalue weighted by Gasteiger charge is -2.10. The Morgan fingerprint density at radius 3 is 2.86 bits per heavy atom. The van der Waals surface area contributed by atoms with Crippen LogP contribution in [-0.2, 0) is 9.59 Å². The summed E-state index contributed by atoms with van der Waals surface area (Å²) in [5.41, 5.74) is 0.899. The smallest absolute Gasteiger partial charge is 0.251 e. The number of hydrogen-bond donors (Lipinski definition) is 1. The molecule has 1 saturated heterocycles. The lowest BCUT2D eigenvalue weighted by atomic mass is 10.2. The molecule has 0 aromatic carbocycles. The molecule has 2 rings (SSSR count). The SMILES string of the molecule is CN1C(=O)CC(Nc2ccsc2)C1=O. The molecule has 1 aromatic rings. The first-order valence-electron chi connectivity index (χ1n) is 4.27. The van der Waals surface area contributed by atoms with Crippen molar-refractivity contribution in [2.75, 3.05) is 12.4 Å². The summed E-state index contributed by atoms with van der Waals surface area (Å²) in [6.07, 6.45) is 0.255. The monoisotopic (exact) mass is 210 g/mol. The summed E-state index contributed by atoms with van der Waals surface area (Å²) in [5, 5.41) is 6.87. The Morgan fingerprint density at radius 2 is 2.36 bits per heavy atom. The van der Waals surface area contributed by atoms with Crippen molar-refractivity contribution in [1.29, 1.82) is 0 Å². The maximum atomic E-state index is 11.5. The Bertz CT molecular complexity index is 361. The third-order valence-corrected chi connectivity index (χ3v) is 2.93. The average molecular weight is 210 g/mol. The molecule has 1 unspecified atom stereocenters. The van der Waals surface area contributed by atoms with Crippen molar-refractivity contribution in [2.24, 2.45) is 0 Å². The highest BCUT2D eigenvalue weighted by Crippen LogP contribution is 2.18. The zero-order valence-corrected chi connectivity index (χ0v) is 8.50. The summed E-state index contributed by atoms with van der Waals surface area (Å²) < 4.78 is 0. The molecular formula is C9H10N2O2S. The molecule has 0 aliphatic carbocycles. The lowest BCUT2D eigenvalue weighted by Crippen LogP contribution is -2.31. The van der Waals surface area contributed by atoms with Gasteiger partial charge in [0, 0.05) is 18.1 Å². The number of likely N-dealkylation sites (tertiary alicyclic amines) is 1. The average Bonchev–Trinajstić information content (AvgIpc) is 2.73. The molecule has 1 atom stereocenters. The number of nitrogens with one attached hydrogen (secondary N) is 1. The number of rotatable bonds is 2. The fraction of sp³-hybridized carbons (Fsp3) is 0.333. The van der Waals surface area contributed by atoms with Gasteiger partial charge in [0.05, 0.1) is 6.42 Å². The van der Waals surface area contributed by atoms with Gasteiger partial charge in [0.25, 0.3) is 5.91 Å². The van der Waals surface area contributed by atoms with Gasteiger partial charge in [0.1, 0.15) is 6.04 Å². The first kappa shape index (κ1) is 9.21. The standard InChI is InChI=1S/C9H10N2O2S/c1-11-8(12)4-7(9(11)13)10-6-2-3-14-5-6/h2-3,5,7,10H,4H2,1H3. The van der Waals surface area contributed by atoms with Crippen LogP contribution in [0.2, 0.25) is 0 Å². The minimum atomic E-state index is -0.387. The second-order valence-electron chi connectivity index (χ2n) is 3.20. The van der Waals surface area contributed by atoms with Crippen molar-refractivity contribution in [3.05, 3.63) is 16.8 Å². The number of amides is 2. The van der Waals surface area contributed by atoms with Crippen LogP contribution >= 0.6 is 11.3 Å². The van der Waals surface area contributed by atoms with E-state index in [-0.39, 0.29) is 24.3 Å². The van der Waals surface area contributed by atoms with Gasteiger partial charge in [-0.25, -0.2) is 0 Å². The van der Waals surface area contributed by atoms with Gasteiger partial charge in [-0.05, 0) is 11.4 Å². The third-order valence-electron chi connectivity index (χ3n) is 2.24. The fourth-order valence-corrected chi connectivity index (χ4v) is 2.01. The molecule has 0 bridgehead atoms. The van der Waals surface area contributed by atoms with Crippen LogP contribution in [0, 0.1) is 0 Å². The van der Waals surface area contributed by atoms with E-state index in [0.29, 0.717) is 0 Å². The highest BCUT2D eigenvalue weighted by Gasteiger charge is 2.35. The van der Waals surface area contributed by atoms with Gasteiger partial charge in [0.2, 0.25) is 5.91 Å². The van der Waals surface area contributed by atoms with Gasteiger partial charge in [-0.2, -0.15) is 11.3 Å². The van der Waals surface area contributed by atoms with Gasteiger partial charge in [-0.1, -0.05) is 0 Å².